The smallest absolute Gasteiger partial charge is 0.0237 e. The third-order valence-electron chi connectivity index (χ3n) is 3.58. The Morgan fingerprint density at radius 3 is 1.55 bits per heavy atom. The zero-order valence-corrected chi connectivity index (χ0v) is 14.4. The normalized spacial score (nSPS) is 10.7. The molecule has 0 unspecified atom stereocenters. The summed E-state index contributed by atoms with van der Waals surface area (Å²) in [5, 5.41) is 0. The second kappa shape index (κ2) is 10.4. The van der Waals surface area contributed by atoms with Crippen LogP contribution in [0, 0.1) is 0 Å². The van der Waals surface area contributed by atoms with E-state index < -0.39 is 0 Å². The van der Waals surface area contributed by atoms with Gasteiger partial charge in [0.25, 0.3) is 0 Å². The number of hydrogen-bond acceptors (Lipinski definition) is 2. The van der Waals surface area contributed by atoms with E-state index in [0.717, 1.165) is 26.2 Å². The van der Waals surface area contributed by atoms with Gasteiger partial charge in [0.2, 0.25) is 0 Å². The molecule has 2 aromatic rings. The molecular formula is C19H27ClN2. The van der Waals surface area contributed by atoms with E-state index in [0.29, 0.717) is 0 Å². The molecule has 2 aromatic carbocycles. The van der Waals surface area contributed by atoms with Gasteiger partial charge in [0.15, 0.2) is 0 Å². The fraction of sp³-hybridized carbons (Fsp3) is 0.368. The maximum Gasteiger partial charge on any atom is 0.0237 e. The van der Waals surface area contributed by atoms with Crippen molar-refractivity contribution in [1.82, 2.24) is 9.80 Å². The molecule has 0 bridgehead atoms. The lowest BCUT2D eigenvalue weighted by atomic mass is 10.1. The van der Waals surface area contributed by atoms with Crippen LogP contribution in [0.25, 0.3) is 0 Å². The minimum Gasteiger partial charge on any atom is -0.309 e. The summed E-state index contributed by atoms with van der Waals surface area (Å²) < 4.78 is 0. The summed E-state index contributed by atoms with van der Waals surface area (Å²) in [7, 11) is 4.28. The summed E-state index contributed by atoms with van der Waals surface area (Å²) in [4.78, 5) is 4.79. The number of nitrogens with zero attached hydrogens (tertiary/aromatic N) is 2. The fourth-order valence-corrected chi connectivity index (χ4v) is 2.51. The number of halogens is 1. The average Bonchev–Trinajstić information content (AvgIpc) is 2.49. The van der Waals surface area contributed by atoms with Crippen LogP contribution in [0.1, 0.15) is 17.5 Å². The van der Waals surface area contributed by atoms with Gasteiger partial charge in [-0.05, 0) is 38.2 Å². The molecular weight excluding hydrogens is 292 g/mol. The molecule has 0 saturated heterocycles. The van der Waals surface area contributed by atoms with Crippen molar-refractivity contribution in [2.75, 3.05) is 27.2 Å². The quantitative estimate of drug-likeness (QED) is 0.724. The molecule has 3 heteroatoms. The van der Waals surface area contributed by atoms with Gasteiger partial charge in [-0.3, -0.25) is 4.90 Å². The Bertz CT molecular complexity index is 458. The molecule has 0 radical (unpaired) electrons. The molecule has 2 nitrogen and oxygen atoms in total. The number of benzene rings is 2. The maximum atomic E-state index is 2.54. The molecule has 0 spiro atoms. The average molecular weight is 319 g/mol. The molecule has 0 fully saturated rings. The van der Waals surface area contributed by atoms with Crippen molar-refractivity contribution in [3.63, 3.8) is 0 Å². The van der Waals surface area contributed by atoms with E-state index in [1.54, 1.807) is 0 Å². The predicted molar refractivity (Wildman–Crippen MR) is 97.4 cm³/mol. The molecule has 120 valence electrons. The van der Waals surface area contributed by atoms with Gasteiger partial charge in [-0.1, -0.05) is 60.7 Å². The number of hydrogen-bond donors (Lipinski definition) is 0. The van der Waals surface area contributed by atoms with Gasteiger partial charge in [-0.15, -0.1) is 12.4 Å². The van der Waals surface area contributed by atoms with E-state index >= 15 is 0 Å². The highest BCUT2D eigenvalue weighted by molar-refractivity contribution is 5.85. The Morgan fingerprint density at radius 1 is 0.682 bits per heavy atom. The summed E-state index contributed by atoms with van der Waals surface area (Å²) in [5.41, 5.74) is 2.77. The first-order valence-electron chi connectivity index (χ1n) is 7.69. The van der Waals surface area contributed by atoms with Gasteiger partial charge >= 0.3 is 0 Å². The van der Waals surface area contributed by atoms with E-state index in [9.17, 15) is 0 Å². The Labute approximate surface area is 141 Å². The lowest BCUT2D eigenvalue weighted by Gasteiger charge is -2.23. The van der Waals surface area contributed by atoms with Crippen molar-refractivity contribution < 1.29 is 0 Å². The van der Waals surface area contributed by atoms with Crippen LogP contribution >= 0.6 is 12.4 Å². The lowest BCUT2D eigenvalue weighted by Crippen LogP contribution is -2.26. The highest BCUT2D eigenvalue weighted by atomic mass is 35.5. The Balaban J connectivity index is 0.00000242. The van der Waals surface area contributed by atoms with Crippen LogP contribution in [0.2, 0.25) is 0 Å². The monoisotopic (exact) mass is 318 g/mol. The maximum absolute atomic E-state index is 2.54. The predicted octanol–water partition coefficient (Wildman–Crippen LogP) is 4.06. The first-order valence-corrected chi connectivity index (χ1v) is 7.69. The molecule has 0 aliphatic carbocycles. The van der Waals surface area contributed by atoms with Gasteiger partial charge in [-0.2, -0.15) is 0 Å². The standard InChI is InChI=1S/C19H26N2.ClH/c1-20(2)14-9-15-21(16-18-10-5-3-6-11-18)17-19-12-7-4-8-13-19;/h3-8,10-13H,9,14-17H2,1-2H3;1H. The third-order valence-corrected chi connectivity index (χ3v) is 3.58. The molecule has 0 N–H and O–H groups in total. The van der Waals surface area contributed by atoms with Crippen molar-refractivity contribution in [1.29, 1.82) is 0 Å². The minimum atomic E-state index is 0. The van der Waals surface area contributed by atoms with Gasteiger partial charge in [0, 0.05) is 19.6 Å². The Hall–Kier alpha value is -1.35. The molecule has 0 saturated carbocycles. The van der Waals surface area contributed by atoms with Crippen LogP contribution in [0.15, 0.2) is 60.7 Å². The van der Waals surface area contributed by atoms with E-state index in [1.165, 1.54) is 17.5 Å². The lowest BCUT2D eigenvalue weighted by molar-refractivity contribution is 0.240. The van der Waals surface area contributed by atoms with Crippen LogP contribution in [0.3, 0.4) is 0 Å². The van der Waals surface area contributed by atoms with Crippen molar-refractivity contribution in [2.45, 2.75) is 19.5 Å². The van der Waals surface area contributed by atoms with E-state index in [-0.39, 0.29) is 12.4 Å². The van der Waals surface area contributed by atoms with Gasteiger partial charge in [0.1, 0.15) is 0 Å². The van der Waals surface area contributed by atoms with E-state index in [4.69, 9.17) is 0 Å². The van der Waals surface area contributed by atoms with Crippen LogP contribution < -0.4 is 0 Å². The second-order valence-electron chi connectivity index (χ2n) is 5.84. The summed E-state index contributed by atoms with van der Waals surface area (Å²) in [6, 6.07) is 21.5. The fourth-order valence-electron chi connectivity index (χ4n) is 2.51. The highest BCUT2D eigenvalue weighted by Gasteiger charge is 2.07. The minimum absolute atomic E-state index is 0. The molecule has 0 atom stereocenters. The molecule has 22 heavy (non-hydrogen) atoms. The highest BCUT2D eigenvalue weighted by Crippen LogP contribution is 2.10. The Morgan fingerprint density at radius 2 is 1.14 bits per heavy atom. The van der Waals surface area contributed by atoms with Gasteiger partial charge in [0.05, 0.1) is 0 Å². The summed E-state index contributed by atoms with van der Waals surface area (Å²) in [6.45, 7) is 4.30. The topological polar surface area (TPSA) is 6.48 Å². The van der Waals surface area contributed by atoms with Crippen molar-refractivity contribution in [2.24, 2.45) is 0 Å². The molecule has 0 amide bonds. The molecule has 0 aliphatic rings. The second-order valence-corrected chi connectivity index (χ2v) is 5.84. The molecule has 0 heterocycles. The van der Waals surface area contributed by atoms with Crippen molar-refractivity contribution in [3.05, 3.63) is 71.8 Å². The summed E-state index contributed by atoms with van der Waals surface area (Å²) in [6.07, 6.45) is 1.20. The molecule has 0 aromatic heterocycles. The van der Waals surface area contributed by atoms with Crippen LogP contribution in [-0.2, 0) is 13.1 Å². The molecule has 0 aliphatic heterocycles. The molecule has 2 rings (SSSR count). The zero-order valence-electron chi connectivity index (χ0n) is 13.6. The van der Waals surface area contributed by atoms with Crippen molar-refractivity contribution in [3.8, 4) is 0 Å². The van der Waals surface area contributed by atoms with Crippen LogP contribution in [0.4, 0.5) is 0 Å². The number of rotatable bonds is 8. The van der Waals surface area contributed by atoms with Crippen LogP contribution in [0.5, 0.6) is 0 Å². The van der Waals surface area contributed by atoms with Gasteiger partial charge < -0.3 is 4.90 Å². The Kier molecular flexibility index (Phi) is 8.83. The SMILES string of the molecule is CN(C)CCCN(Cc1ccccc1)Cc1ccccc1.Cl. The summed E-state index contributed by atoms with van der Waals surface area (Å²) in [5.74, 6) is 0. The first-order chi connectivity index (χ1) is 10.2. The largest absolute Gasteiger partial charge is 0.309 e. The van der Waals surface area contributed by atoms with E-state index in [1.807, 2.05) is 0 Å². The van der Waals surface area contributed by atoms with Crippen molar-refractivity contribution >= 4 is 12.4 Å². The first kappa shape index (κ1) is 18.7. The third kappa shape index (κ3) is 7.08. The van der Waals surface area contributed by atoms with Crippen LogP contribution in [-0.4, -0.2) is 37.0 Å². The van der Waals surface area contributed by atoms with E-state index in [2.05, 4.69) is 84.6 Å². The van der Waals surface area contributed by atoms with Gasteiger partial charge in [-0.25, -0.2) is 0 Å². The summed E-state index contributed by atoms with van der Waals surface area (Å²) >= 11 is 0. The zero-order chi connectivity index (χ0) is 14.9.